The first-order chi connectivity index (χ1) is 18.0. The number of nitrogens with one attached hydrogen (secondary N) is 2. The summed E-state index contributed by atoms with van der Waals surface area (Å²) < 4.78 is 11.1. The van der Waals surface area contributed by atoms with Crippen LogP contribution < -0.4 is 25.0 Å². The smallest absolute Gasteiger partial charge is 0.326 e. The lowest BCUT2D eigenvalue weighted by Crippen LogP contribution is -2.41. The van der Waals surface area contributed by atoms with Gasteiger partial charge in [-0.1, -0.05) is 42.0 Å². The largest absolute Gasteiger partial charge is 0.497 e. The highest BCUT2D eigenvalue weighted by Gasteiger charge is 2.17. The molecule has 0 aliphatic carbocycles. The monoisotopic (exact) mass is 495 g/mol. The van der Waals surface area contributed by atoms with Crippen LogP contribution >= 0.6 is 0 Å². The number of benzene rings is 4. The third-order valence-corrected chi connectivity index (χ3v) is 5.63. The van der Waals surface area contributed by atoms with Crippen molar-refractivity contribution in [2.45, 2.75) is 6.92 Å². The van der Waals surface area contributed by atoms with Crippen molar-refractivity contribution in [3.63, 3.8) is 0 Å². The SMILES string of the molecule is COc1cccc(C(=O)NCCN(C(=O)Nc2ccc(C)cc2)c2ccc(Oc3ccccc3)cc2)c1. The topological polar surface area (TPSA) is 79.9 Å². The van der Waals surface area contributed by atoms with Crippen molar-refractivity contribution in [1.29, 1.82) is 0 Å². The molecule has 37 heavy (non-hydrogen) atoms. The van der Waals surface area contributed by atoms with E-state index < -0.39 is 0 Å². The fourth-order valence-corrected chi connectivity index (χ4v) is 3.64. The van der Waals surface area contributed by atoms with Crippen LogP contribution in [0.1, 0.15) is 15.9 Å². The first-order valence-corrected chi connectivity index (χ1v) is 11.9. The van der Waals surface area contributed by atoms with E-state index in [0.29, 0.717) is 28.4 Å². The van der Waals surface area contributed by atoms with E-state index in [-0.39, 0.29) is 25.0 Å². The van der Waals surface area contributed by atoms with Crippen molar-refractivity contribution in [2.24, 2.45) is 0 Å². The maximum Gasteiger partial charge on any atom is 0.326 e. The second-order valence-electron chi connectivity index (χ2n) is 8.34. The molecule has 7 heteroatoms. The number of anilines is 2. The molecule has 0 spiro atoms. The van der Waals surface area contributed by atoms with Gasteiger partial charge in [0.25, 0.3) is 5.91 Å². The number of nitrogens with zero attached hydrogens (tertiary/aromatic N) is 1. The Labute approximate surface area is 216 Å². The van der Waals surface area contributed by atoms with Gasteiger partial charge in [-0.25, -0.2) is 4.79 Å². The number of aryl methyl sites for hydroxylation is 1. The van der Waals surface area contributed by atoms with Crippen LogP contribution in [0, 0.1) is 6.92 Å². The third-order valence-electron chi connectivity index (χ3n) is 5.63. The van der Waals surface area contributed by atoms with Crippen molar-refractivity contribution in [2.75, 3.05) is 30.4 Å². The molecule has 2 N–H and O–H groups in total. The maximum absolute atomic E-state index is 13.3. The van der Waals surface area contributed by atoms with E-state index in [1.807, 2.05) is 85.8 Å². The number of ether oxygens (including phenoxy) is 2. The molecule has 0 radical (unpaired) electrons. The Hall–Kier alpha value is -4.78. The van der Waals surface area contributed by atoms with Gasteiger partial charge in [0, 0.05) is 30.0 Å². The van der Waals surface area contributed by atoms with E-state index >= 15 is 0 Å². The number of amides is 3. The van der Waals surface area contributed by atoms with Gasteiger partial charge >= 0.3 is 6.03 Å². The number of urea groups is 1. The highest BCUT2D eigenvalue weighted by molar-refractivity contribution is 6.02. The lowest BCUT2D eigenvalue weighted by Gasteiger charge is -2.24. The average molecular weight is 496 g/mol. The molecule has 0 aliphatic heterocycles. The quantitative estimate of drug-likeness (QED) is 0.287. The van der Waals surface area contributed by atoms with Crippen molar-refractivity contribution in [1.82, 2.24) is 5.32 Å². The number of para-hydroxylation sites is 1. The molecule has 0 bridgehead atoms. The summed E-state index contributed by atoms with van der Waals surface area (Å²) in [5, 5.41) is 5.81. The Morgan fingerprint density at radius 2 is 1.46 bits per heavy atom. The first kappa shape index (κ1) is 25.3. The minimum Gasteiger partial charge on any atom is -0.497 e. The summed E-state index contributed by atoms with van der Waals surface area (Å²) in [6.07, 6.45) is 0. The van der Waals surface area contributed by atoms with Crippen LogP contribution in [0.2, 0.25) is 0 Å². The lowest BCUT2D eigenvalue weighted by molar-refractivity contribution is 0.0954. The third kappa shape index (κ3) is 7.11. The maximum atomic E-state index is 13.3. The Balaban J connectivity index is 1.46. The Morgan fingerprint density at radius 1 is 0.784 bits per heavy atom. The van der Waals surface area contributed by atoms with Crippen molar-refractivity contribution in [3.8, 4) is 17.2 Å². The summed E-state index contributed by atoms with van der Waals surface area (Å²) in [7, 11) is 1.55. The van der Waals surface area contributed by atoms with E-state index in [4.69, 9.17) is 9.47 Å². The molecule has 3 amide bonds. The Morgan fingerprint density at radius 3 is 2.16 bits per heavy atom. The van der Waals surface area contributed by atoms with Crippen LogP contribution in [0.5, 0.6) is 17.2 Å². The van der Waals surface area contributed by atoms with Gasteiger partial charge in [0.15, 0.2) is 0 Å². The summed E-state index contributed by atoms with van der Waals surface area (Å²) in [4.78, 5) is 27.5. The zero-order valence-electron chi connectivity index (χ0n) is 20.8. The van der Waals surface area contributed by atoms with Crippen LogP contribution in [0.15, 0.2) is 103 Å². The molecule has 0 atom stereocenters. The van der Waals surface area contributed by atoms with Crippen molar-refractivity contribution >= 4 is 23.3 Å². The molecule has 188 valence electrons. The van der Waals surface area contributed by atoms with Crippen LogP contribution in [0.25, 0.3) is 0 Å². The van der Waals surface area contributed by atoms with E-state index in [1.54, 1.807) is 36.3 Å². The zero-order valence-corrected chi connectivity index (χ0v) is 20.8. The van der Waals surface area contributed by atoms with Crippen molar-refractivity contribution < 1.29 is 19.1 Å². The van der Waals surface area contributed by atoms with Crippen LogP contribution in [0.3, 0.4) is 0 Å². The van der Waals surface area contributed by atoms with Gasteiger partial charge in [-0.15, -0.1) is 0 Å². The van der Waals surface area contributed by atoms with Gasteiger partial charge in [-0.05, 0) is 73.7 Å². The number of carbonyl (C=O) groups excluding carboxylic acids is 2. The zero-order chi connectivity index (χ0) is 26.0. The van der Waals surface area contributed by atoms with Gasteiger partial charge in [0.05, 0.1) is 7.11 Å². The summed E-state index contributed by atoms with van der Waals surface area (Å²) in [5.74, 6) is 1.73. The number of rotatable bonds is 9. The standard InChI is InChI=1S/C30H29N3O4/c1-22-11-13-24(14-12-22)32-30(35)33(20-19-31-29(34)23-7-6-10-28(21-23)36-2)25-15-17-27(18-16-25)37-26-8-4-3-5-9-26/h3-18,21H,19-20H2,1-2H3,(H,31,34)(H,32,35). The molecule has 7 nitrogen and oxygen atoms in total. The molecule has 0 fully saturated rings. The number of hydrogen-bond acceptors (Lipinski definition) is 4. The first-order valence-electron chi connectivity index (χ1n) is 11.9. The van der Waals surface area contributed by atoms with E-state index in [1.165, 1.54) is 0 Å². The van der Waals surface area contributed by atoms with Crippen LogP contribution in [-0.4, -0.2) is 32.1 Å². The second-order valence-corrected chi connectivity index (χ2v) is 8.34. The molecule has 4 aromatic rings. The summed E-state index contributed by atoms with van der Waals surface area (Å²) >= 11 is 0. The summed E-state index contributed by atoms with van der Waals surface area (Å²) in [5.41, 5.74) is 2.94. The fraction of sp³-hybridized carbons (Fsp3) is 0.133. The number of carbonyl (C=O) groups is 2. The molecule has 4 aromatic carbocycles. The molecular weight excluding hydrogens is 466 g/mol. The highest BCUT2D eigenvalue weighted by Crippen LogP contribution is 2.25. The number of hydrogen-bond donors (Lipinski definition) is 2. The second kappa shape index (κ2) is 12.3. The molecule has 0 saturated carbocycles. The molecule has 0 heterocycles. The van der Waals surface area contributed by atoms with Crippen LogP contribution in [0.4, 0.5) is 16.2 Å². The van der Waals surface area contributed by atoms with E-state index in [9.17, 15) is 9.59 Å². The fourth-order valence-electron chi connectivity index (χ4n) is 3.64. The average Bonchev–Trinajstić information content (AvgIpc) is 2.93. The predicted octanol–water partition coefficient (Wildman–Crippen LogP) is 6.26. The summed E-state index contributed by atoms with van der Waals surface area (Å²) in [6.45, 7) is 2.49. The van der Waals surface area contributed by atoms with Crippen molar-refractivity contribution in [3.05, 3.63) is 114 Å². The molecule has 4 rings (SSSR count). The van der Waals surface area contributed by atoms with Gasteiger partial charge < -0.3 is 20.1 Å². The highest BCUT2D eigenvalue weighted by atomic mass is 16.5. The van der Waals surface area contributed by atoms with Gasteiger partial charge in [-0.2, -0.15) is 0 Å². The minimum atomic E-state index is -0.309. The normalized spacial score (nSPS) is 10.3. The van der Waals surface area contributed by atoms with Crippen LogP contribution in [-0.2, 0) is 0 Å². The molecule has 0 saturated heterocycles. The molecule has 0 aromatic heterocycles. The molecule has 0 aliphatic rings. The van der Waals surface area contributed by atoms with Gasteiger partial charge in [0.1, 0.15) is 17.2 Å². The predicted molar refractivity (Wildman–Crippen MR) is 146 cm³/mol. The van der Waals surface area contributed by atoms with E-state index in [0.717, 1.165) is 11.3 Å². The van der Waals surface area contributed by atoms with Gasteiger partial charge in [-0.3, -0.25) is 9.69 Å². The molecule has 0 unspecified atom stereocenters. The lowest BCUT2D eigenvalue weighted by atomic mass is 10.2. The Bertz CT molecular complexity index is 1320. The summed E-state index contributed by atoms with van der Waals surface area (Å²) in [6, 6.07) is 30.9. The Kier molecular flexibility index (Phi) is 8.39. The number of methoxy groups -OCH3 is 1. The molecular formula is C30H29N3O4. The minimum absolute atomic E-state index is 0.246. The van der Waals surface area contributed by atoms with E-state index in [2.05, 4.69) is 10.6 Å². The van der Waals surface area contributed by atoms with Gasteiger partial charge in [0.2, 0.25) is 0 Å².